The number of hydrogen-bond acceptors (Lipinski definition) is 6. The highest BCUT2D eigenvalue weighted by molar-refractivity contribution is 7.97. The Kier molecular flexibility index (Phi) is 9.48. The molecule has 0 saturated heterocycles. The van der Waals surface area contributed by atoms with Crippen LogP contribution in [0.15, 0.2) is 47.4 Å². The van der Waals surface area contributed by atoms with Gasteiger partial charge in [-0.3, -0.25) is 5.14 Å². The maximum Gasteiger partial charge on any atom is 0.165 e. The van der Waals surface area contributed by atoms with E-state index in [0.717, 1.165) is 40.7 Å². The maximum atomic E-state index is 6.26. The number of rotatable bonds is 12. The Morgan fingerprint density at radius 3 is 2.15 bits per heavy atom. The molecule has 148 valence electrons. The smallest absolute Gasteiger partial charge is 0.165 e. The van der Waals surface area contributed by atoms with Gasteiger partial charge in [-0.15, -0.1) is 0 Å². The summed E-state index contributed by atoms with van der Waals surface area (Å²) < 4.78 is 17.4. The predicted octanol–water partition coefficient (Wildman–Crippen LogP) is 4.63. The quantitative estimate of drug-likeness (QED) is 0.421. The van der Waals surface area contributed by atoms with E-state index in [-0.39, 0.29) is 0 Å². The third-order valence-corrected chi connectivity index (χ3v) is 4.59. The van der Waals surface area contributed by atoms with Crippen LogP contribution in [0.1, 0.15) is 19.4 Å². The summed E-state index contributed by atoms with van der Waals surface area (Å²) in [6.07, 6.45) is 0. The molecule has 2 rings (SSSR count). The highest BCUT2D eigenvalue weighted by Crippen LogP contribution is 2.40. The van der Waals surface area contributed by atoms with Crippen molar-refractivity contribution in [2.45, 2.75) is 25.7 Å². The predicted molar refractivity (Wildman–Crippen MR) is 113 cm³/mol. The van der Waals surface area contributed by atoms with Crippen molar-refractivity contribution in [1.82, 2.24) is 0 Å². The van der Waals surface area contributed by atoms with E-state index in [2.05, 4.69) is 24.0 Å². The minimum absolute atomic E-state index is 0.645. The van der Waals surface area contributed by atoms with Crippen LogP contribution in [-0.2, 0) is 9.47 Å². The van der Waals surface area contributed by atoms with Crippen LogP contribution in [0, 0.1) is 6.92 Å². The molecule has 2 N–H and O–H groups in total. The Hall–Kier alpha value is -1.73. The molecule has 0 aromatic heterocycles. The Morgan fingerprint density at radius 2 is 1.59 bits per heavy atom. The topological polar surface area (TPSA) is 57.0 Å². The lowest BCUT2D eigenvalue weighted by atomic mass is 10.2. The SMILES string of the molecule is CCOCCN(CCOCC)c1cc(C)cc(SN)c1Oc1ccccc1. The Balaban J connectivity index is 2.37. The molecule has 0 heterocycles. The van der Waals surface area contributed by atoms with E-state index < -0.39 is 0 Å². The number of aryl methyl sites for hydroxylation is 1. The van der Waals surface area contributed by atoms with Crippen molar-refractivity contribution in [3.05, 3.63) is 48.0 Å². The molecule has 0 unspecified atom stereocenters. The highest BCUT2D eigenvalue weighted by Gasteiger charge is 2.18. The summed E-state index contributed by atoms with van der Waals surface area (Å²) in [7, 11) is 0. The average Bonchev–Trinajstić information content (AvgIpc) is 2.69. The molecule has 0 atom stereocenters. The average molecular weight is 391 g/mol. The molecule has 0 spiro atoms. The Morgan fingerprint density at radius 1 is 0.963 bits per heavy atom. The second kappa shape index (κ2) is 11.9. The monoisotopic (exact) mass is 390 g/mol. The van der Waals surface area contributed by atoms with Gasteiger partial charge in [0.05, 0.1) is 23.8 Å². The Labute approximate surface area is 166 Å². The number of anilines is 1. The lowest BCUT2D eigenvalue weighted by Crippen LogP contribution is -2.31. The van der Waals surface area contributed by atoms with Gasteiger partial charge in [-0.05, 0) is 62.5 Å². The van der Waals surface area contributed by atoms with Crippen LogP contribution < -0.4 is 14.8 Å². The first-order valence-electron chi connectivity index (χ1n) is 9.34. The van der Waals surface area contributed by atoms with Gasteiger partial charge in [-0.2, -0.15) is 0 Å². The largest absolute Gasteiger partial charge is 0.454 e. The molecule has 0 bridgehead atoms. The number of nitrogens with two attached hydrogens (primary N) is 1. The molecule has 0 amide bonds. The van der Waals surface area contributed by atoms with Gasteiger partial charge >= 0.3 is 0 Å². The molecule has 27 heavy (non-hydrogen) atoms. The van der Waals surface area contributed by atoms with E-state index >= 15 is 0 Å². The maximum absolute atomic E-state index is 6.26. The second-order valence-corrected chi connectivity index (χ2v) is 6.70. The van der Waals surface area contributed by atoms with Crippen LogP contribution in [0.5, 0.6) is 11.5 Å². The lowest BCUT2D eigenvalue weighted by Gasteiger charge is -2.28. The van der Waals surface area contributed by atoms with E-state index in [1.165, 1.54) is 11.9 Å². The summed E-state index contributed by atoms with van der Waals surface area (Å²) in [5.41, 5.74) is 2.14. The van der Waals surface area contributed by atoms with Crippen molar-refractivity contribution in [1.29, 1.82) is 0 Å². The zero-order valence-electron chi connectivity index (χ0n) is 16.4. The van der Waals surface area contributed by atoms with E-state index in [4.69, 9.17) is 19.3 Å². The van der Waals surface area contributed by atoms with Crippen LogP contribution in [0.25, 0.3) is 0 Å². The molecule has 2 aromatic rings. The van der Waals surface area contributed by atoms with Gasteiger partial charge in [-0.1, -0.05) is 18.2 Å². The van der Waals surface area contributed by atoms with E-state index in [1.54, 1.807) is 0 Å². The number of ether oxygens (including phenoxy) is 3. The molecule has 0 aliphatic heterocycles. The van der Waals surface area contributed by atoms with Crippen LogP contribution in [0.4, 0.5) is 5.69 Å². The van der Waals surface area contributed by atoms with E-state index in [1.807, 2.05) is 44.2 Å². The van der Waals surface area contributed by atoms with Crippen molar-refractivity contribution in [2.75, 3.05) is 44.4 Å². The summed E-state index contributed by atoms with van der Waals surface area (Å²) in [6.45, 7) is 10.3. The normalized spacial score (nSPS) is 10.8. The minimum atomic E-state index is 0.645. The fourth-order valence-electron chi connectivity index (χ4n) is 2.74. The van der Waals surface area contributed by atoms with Crippen molar-refractivity contribution in [3.63, 3.8) is 0 Å². The molecule has 0 radical (unpaired) electrons. The van der Waals surface area contributed by atoms with Gasteiger partial charge in [-0.25, -0.2) is 0 Å². The number of nitrogens with zero attached hydrogens (tertiary/aromatic N) is 1. The molecule has 5 nitrogen and oxygen atoms in total. The van der Waals surface area contributed by atoms with Gasteiger partial charge in [0.25, 0.3) is 0 Å². The zero-order valence-corrected chi connectivity index (χ0v) is 17.3. The standard InChI is InChI=1S/C21H30N2O3S/c1-4-24-13-11-23(12-14-25-5-2)19-15-17(3)16-20(27-22)21(19)26-18-9-7-6-8-10-18/h6-10,15-16H,4-5,11-14,22H2,1-3H3. The molecule has 0 fully saturated rings. The van der Waals surface area contributed by atoms with Crippen LogP contribution in [0.2, 0.25) is 0 Å². The first-order chi connectivity index (χ1) is 13.2. The van der Waals surface area contributed by atoms with Gasteiger partial charge in [0.2, 0.25) is 0 Å². The fourth-order valence-corrected chi connectivity index (χ4v) is 3.25. The van der Waals surface area contributed by atoms with Gasteiger partial charge < -0.3 is 19.1 Å². The second-order valence-electron chi connectivity index (χ2n) is 6.03. The molecule has 0 aliphatic rings. The summed E-state index contributed by atoms with van der Waals surface area (Å²) in [5, 5.41) is 5.95. The van der Waals surface area contributed by atoms with Gasteiger partial charge in [0, 0.05) is 26.3 Å². The van der Waals surface area contributed by atoms with Crippen LogP contribution in [0.3, 0.4) is 0 Å². The molecule has 2 aromatic carbocycles. The number of benzene rings is 2. The molecular weight excluding hydrogens is 360 g/mol. The summed E-state index contributed by atoms with van der Waals surface area (Å²) in [4.78, 5) is 3.16. The third-order valence-electron chi connectivity index (χ3n) is 4.03. The van der Waals surface area contributed by atoms with Crippen molar-refractivity contribution < 1.29 is 14.2 Å². The van der Waals surface area contributed by atoms with Crippen LogP contribution in [-0.4, -0.2) is 39.5 Å². The molecule has 0 aliphatic carbocycles. The summed E-state index contributed by atoms with van der Waals surface area (Å²) in [6, 6.07) is 14.0. The highest BCUT2D eigenvalue weighted by atomic mass is 32.2. The fraction of sp³-hybridized carbons (Fsp3) is 0.429. The molecule has 6 heteroatoms. The van der Waals surface area contributed by atoms with Crippen LogP contribution >= 0.6 is 11.9 Å². The van der Waals surface area contributed by atoms with Crippen molar-refractivity contribution in [3.8, 4) is 11.5 Å². The third kappa shape index (κ3) is 6.74. The first-order valence-corrected chi connectivity index (χ1v) is 10.2. The first kappa shape index (κ1) is 21.6. The number of hydrogen-bond donors (Lipinski definition) is 1. The zero-order chi connectivity index (χ0) is 19.5. The Bertz CT molecular complexity index is 673. The van der Waals surface area contributed by atoms with Crippen molar-refractivity contribution >= 4 is 17.6 Å². The van der Waals surface area contributed by atoms with E-state index in [0.29, 0.717) is 26.4 Å². The summed E-state index contributed by atoms with van der Waals surface area (Å²) in [5.74, 6) is 1.56. The molecular formula is C21H30N2O3S. The lowest BCUT2D eigenvalue weighted by molar-refractivity contribution is 0.141. The van der Waals surface area contributed by atoms with Crippen molar-refractivity contribution in [2.24, 2.45) is 5.14 Å². The molecule has 0 saturated carbocycles. The van der Waals surface area contributed by atoms with Gasteiger partial charge in [0.15, 0.2) is 5.75 Å². The number of para-hydroxylation sites is 1. The minimum Gasteiger partial charge on any atom is -0.454 e. The van der Waals surface area contributed by atoms with E-state index in [9.17, 15) is 0 Å². The summed E-state index contributed by atoms with van der Waals surface area (Å²) >= 11 is 1.20. The van der Waals surface area contributed by atoms with Gasteiger partial charge in [0.1, 0.15) is 5.75 Å².